The summed E-state index contributed by atoms with van der Waals surface area (Å²) in [4.78, 5) is 14.7. The highest BCUT2D eigenvalue weighted by molar-refractivity contribution is 6.10. The van der Waals surface area contributed by atoms with E-state index in [1.807, 2.05) is 122 Å². The molecule has 6 aromatic carbocycles. The number of aromatic nitrogens is 3. The molecule has 11 rings (SSSR count). The fourth-order valence-electron chi connectivity index (χ4n) is 10.7. The van der Waals surface area contributed by atoms with Gasteiger partial charge >= 0.3 is 0 Å². The molecule has 0 unspecified atom stereocenters. The van der Waals surface area contributed by atoms with Gasteiger partial charge in [0.05, 0.1) is 17.1 Å². The molecule has 0 N–H and O–H groups in total. The lowest BCUT2D eigenvalue weighted by Crippen LogP contribution is -2.23. The SMILES string of the molecule is [2H]C([2H])([2H])c1ccccc1-c1cc(-c2cccc3c2oc2c(C4([2H])CCCCC4)cccc23)ncc1C([2H])([2H])C([2H])([2H])c1cc(CC(C)(C)c2ccc(-c3ccccc3)nc2)cc(CC(C)(C)c2ccc(-c3ccccc3)nc2)c1. The molecular weight excluding hydrogens is 875 g/mol. The minimum absolute atomic E-state index is 0.000836. The van der Waals surface area contributed by atoms with Crippen molar-refractivity contribution < 1.29 is 15.4 Å². The molecule has 4 nitrogen and oxygen atoms in total. The molecule has 1 saturated carbocycles. The van der Waals surface area contributed by atoms with E-state index in [0.717, 1.165) is 93.2 Å². The molecule has 358 valence electrons. The first-order valence-electron chi connectivity index (χ1n) is 29.4. The standard InChI is InChI=1S/C68H65N3O/c1-46-19-15-16-26-56(46)61-40-64(60-30-18-29-59-58-28-17-27-57(65(58)72-66(59)60)50-20-9-6-10-21-50)69-43-53(61)32-31-47-37-48(41-67(2,3)54-33-35-62(70-44-54)51-22-11-7-12-23-51)39-49(38-47)42-68(4,5)55-34-36-63(71-45-55)52-24-13-8-14-25-52/h7-8,11-19,22-30,33-40,43-45,50H,6,9-10,20-21,31-32,41-42H2,1-5H3/i1D3,31D2,32D2,50D. The molecule has 4 heteroatoms. The van der Waals surface area contributed by atoms with Gasteiger partial charge in [-0.25, -0.2) is 0 Å². The number of aryl methyl sites for hydroxylation is 3. The van der Waals surface area contributed by atoms with Gasteiger partial charge < -0.3 is 4.42 Å². The van der Waals surface area contributed by atoms with Crippen molar-refractivity contribution in [3.8, 4) is 44.9 Å². The lowest BCUT2D eigenvalue weighted by atomic mass is 9.77. The molecule has 0 spiro atoms. The average molecular weight is 948 g/mol. The molecule has 1 aliphatic rings. The Morgan fingerprint density at radius 1 is 0.514 bits per heavy atom. The third kappa shape index (κ3) is 9.80. The van der Waals surface area contributed by atoms with Gasteiger partial charge in [-0.15, -0.1) is 0 Å². The highest BCUT2D eigenvalue weighted by atomic mass is 16.3. The van der Waals surface area contributed by atoms with E-state index in [0.29, 0.717) is 35.3 Å². The summed E-state index contributed by atoms with van der Waals surface area (Å²) in [6.07, 6.45) is 5.19. The van der Waals surface area contributed by atoms with Crippen LogP contribution in [-0.4, -0.2) is 15.0 Å². The molecule has 0 bridgehead atoms. The number of furan rings is 1. The van der Waals surface area contributed by atoms with Crippen molar-refractivity contribution >= 4 is 21.9 Å². The summed E-state index contributed by atoms with van der Waals surface area (Å²) in [5, 5.41) is 1.72. The summed E-state index contributed by atoms with van der Waals surface area (Å²) in [5.74, 6) is -0.783. The monoisotopic (exact) mass is 948 g/mol. The molecule has 1 aliphatic carbocycles. The normalized spacial score (nSPS) is 16.2. The van der Waals surface area contributed by atoms with Gasteiger partial charge in [0.15, 0.2) is 0 Å². The summed E-state index contributed by atoms with van der Waals surface area (Å²) in [6.45, 7) is 5.98. The second kappa shape index (κ2) is 20.0. The third-order valence-corrected chi connectivity index (χ3v) is 14.7. The van der Waals surface area contributed by atoms with Crippen LogP contribution in [0.3, 0.4) is 0 Å². The molecule has 1 fully saturated rings. The Morgan fingerprint density at radius 3 is 1.68 bits per heavy atom. The van der Waals surface area contributed by atoms with Crippen LogP contribution in [0, 0.1) is 6.85 Å². The highest BCUT2D eigenvalue weighted by Crippen LogP contribution is 2.43. The van der Waals surface area contributed by atoms with Gasteiger partial charge in [0.1, 0.15) is 11.2 Å². The van der Waals surface area contributed by atoms with Crippen LogP contribution in [0.1, 0.15) is 121 Å². The van der Waals surface area contributed by atoms with Crippen LogP contribution in [0.15, 0.2) is 193 Å². The Balaban J connectivity index is 1.03. The van der Waals surface area contributed by atoms with Crippen molar-refractivity contribution in [3.63, 3.8) is 0 Å². The molecule has 0 aliphatic heterocycles. The first-order chi connectivity index (χ1) is 38.1. The van der Waals surface area contributed by atoms with Crippen LogP contribution in [0.5, 0.6) is 0 Å². The number of pyridine rings is 3. The van der Waals surface area contributed by atoms with E-state index < -0.39 is 36.3 Å². The summed E-state index contributed by atoms with van der Waals surface area (Å²) in [5.41, 5.74) is 9.99. The number of nitrogens with zero attached hydrogens (tertiary/aromatic N) is 3. The fraction of sp³-hybridized carbons (Fsp3) is 0.250. The van der Waals surface area contributed by atoms with Crippen LogP contribution in [0.2, 0.25) is 0 Å². The molecule has 0 saturated heterocycles. The van der Waals surface area contributed by atoms with Crippen LogP contribution in [-0.2, 0) is 36.4 Å². The zero-order valence-electron chi connectivity index (χ0n) is 49.6. The number of benzene rings is 6. The first-order valence-corrected chi connectivity index (χ1v) is 25.4. The Bertz CT molecular complexity index is 3750. The Morgan fingerprint density at radius 2 is 1.07 bits per heavy atom. The Hall–Kier alpha value is -7.43. The van der Waals surface area contributed by atoms with Gasteiger partial charge in [-0.05, 0) is 142 Å². The van der Waals surface area contributed by atoms with E-state index in [1.54, 1.807) is 36.4 Å². The average Bonchev–Trinajstić information content (AvgIpc) is 4.04. The summed E-state index contributed by atoms with van der Waals surface area (Å²) in [7, 11) is 0. The van der Waals surface area contributed by atoms with Crippen molar-refractivity contribution in [2.75, 3.05) is 0 Å². The molecule has 0 amide bonds. The lowest BCUT2D eigenvalue weighted by molar-refractivity contribution is 0.442. The summed E-state index contributed by atoms with van der Waals surface area (Å²) >= 11 is 0. The quantitative estimate of drug-likeness (QED) is 0.109. The molecular formula is C68H65N3O. The minimum Gasteiger partial charge on any atom is -0.455 e. The van der Waals surface area contributed by atoms with Gasteiger partial charge in [0.2, 0.25) is 0 Å². The molecule has 0 atom stereocenters. The molecule has 4 aromatic heterocycles. The van der Waals surface area contributed by atoms with Crippen molar-refractivity contribution in [2.24, 2.45) is 0 Å². The second-order valence-electron chi connectivity index (χ2n) is 20.8. The largest absolute Gasteiger partial charge is 0.455 e. The van der Waals surface area contributed by atoms with E-state index in [1.165, 1.54) is 12.3 Å². The van der Waals surface area contributed by atoms with Gasteiger partial charge in [0.25, 0.3) is 0 Å². The highest BCUT2D eigenvalue weighted by Gasteiger charge is 2.27. The first kappa shape index (κ1) is 38.3. The second-order valence-corrected chi connectivity index (χ2v) is 20.8. The molecule has 72 heavy (non-hydrogen) atoms. The van der Waals surface area contributed by atoms with E-state index in [9.17, 15) is 6.85 Å². The molecule has 10 aromatic rings. The minimum atomic E-state index is -2.80. The van der Waals surface area contributed by atoms with E-state index in [2.05, 4.69) is 45.9 Å². The van der Waals surface area contributed by atoms with E-state index in [4.69, 9.17) is 23.5 Å². The van der Waals surface area contributed by atoms with Gasteiger partial charge in [0, 0.05) is 57.0 Å². The lowest BCUT2D eigenvalue weighted by Gasteiger charge is -2.28. The number of hydrogen-bond donors (Lipinski definition) is 0. The fourth-order valence-corrected chi connectivity index (χ4v) is 10.7. The van der Waals surface area contributed by atoms with Gasteiger partial charge in [-0.3, -0.25) is 15.0 Å². The predicted octanol–water partition coefficient (Wildman–Crippen LogP) is 17.6. The van der Waals surface area contributed by atoms with Gasteiger partial charge in [-0.2, -0.15) is 0 Å². The van der Waals surface area contributed by atoms with Crippen LogP contribution >= 0.6 is 0 Å². The third-order valence-electron chi connectivity index (χ3n) is 14.7. The zero-order valence-corrected chi connectivity index (χ0v) is 41.6. The van der Waals surface area contributed by atoms with Gasteiger partial charge in [-0.1, -0.05) is 193 Å². The summed E-state index contributed by atoms with van der Waals surface area (Å²) < 4.78 is 83.0. The van der Waals surface area contributed by atoms with E-state index >= 15 is 0 Å². The van der Waals surface area contributed by atoms with Crippen LogP contribution in [0.25, 0.3) is 66.8 Å². The topological polar surface area (TPSA) is 51.8 Å². The number of fused-ring (bicyclic) bond motifs is 3. The zero-order chi connectivity index (χ0) is 56.2. The Labute approximate surface area is 437 Å². The van der Waals surface area contributed by atoms with Crippen LogP contribution in [0.4, 0.5) is 0 Å². The maximum atomic E-state index is 10.2. The van der Waals surface area contributed by atoms with Crippen molar-refractivity contribution in [1.82, 2.24) is 15.0 Å². The molecule has 4 heterocycles. The Kier molecular flexibility index (Phi) is 10.6. The predicted molar refractivity (Wildman–Crippen MR) is 300 cm³/mol. The smallest absolute Gasteiger partial charge is 0.144 e. The summed E-state index contributed by atoms with van der Waals surface area (Å²) in [6, 6.07) is 54.0. The number of hydrogen-bond acceptors (Lipinski definition) is 4. The maximum absolute atomic E-state index is 10.2. The number of para-hydroxylation sites is 2. The van der Waals surface area contributed by atoms with Crippen molar-refractivity contribution in [3.05, 3.63) is 233 Å². The van der Waals surface area contributed by atoms with Crippen molar-refractivity contribution in [1.29, 1.82) is 0 Å². The van der Waals surface area contributed by atoms with Crippen LogP contribution < -0.4 is 0 Å². The molecule has 0 radical (unpaired) electrons. The number of rotatable bonds is 14. The van der Waals surface area contributed by atoms with Crippen molar-refractivity contribution in [2.45, 2.75) is 109 Å². The maximum Gasteiger partial charge on any atom is 0.144 e. The van der Waals surface area contributed by atoms with E-state index in [-0.39, 0.29) is 27.8 Å².